The van der Waals surface area contributed by atoms with Crippen molar-refractivity contribution in [2.24, 2.45) is 0 Å². The summed E-state index contributed by atoms with van der Waals surface area (Å²) in [5, 5.41) is 4.63. The molecule has 0 atom stereocenters. The van der Waals surface area contributed by atoms with E-state index >= 15 is 0 Å². The molecule has 0 radical (unpaired) electrons. The standard InChI is InChI=1S/C57H39F3N2/c58-57(59,60)44-30-38-50(39-31-44)62(48-34-26-41(27-35-48)40-24-32-47(33-25-40)61(45-16-6-2-7-17-45)46-18-8-3-9-19-46)49-36-28-43(29-37-49)56-53-22-12-10-20-51(53)55(42-14-4-1-5-15-42)52-21-11-13-23-54(52)56/h1-39H. The van der Waals surface area contributed by atoms with Crippen LogP contribution < -0.4 is 9.80 Å². The summed E-state index contributed by atoms with van der Waals surface area (Å²) < 4.78 is 41.2. The lowest BCUT2D eigenvalue weighted by molar-refractivity contribution is -0.137. The van der Waals surface area contributed by atoms with E-state index in [1.165, 1.54) is 28.5 Å². The van der Waals surface area contributed by atoms with Crippen molar-refractivity contribution in [3.8, 4) is 33.4 Å². The third-order valence-electron chi connectivity index (χ3n) is 11.5. The number of fused-ring (bicyclic) bond motifs is 2. The second kappa shape index (κ2) is 16.3. The predicted molar refractivity (Wildman–Crippen MR) is 252 cm³/mol. The number of hydrogen-bond acceptors (Lipinski definition) is 2. The molecule has 0 unspecified atom stereocenters. The van der Waals surface area contributed by atoms with Gasteiger partial charge >= 0.3 is 6.18 Å². The van der Waals surface area contributed by atoms with Crippen molar-refractivity contribution in [2.45, 2.75) is 6.18 Å². The van der Waals surface area contributed by atoms with Gasteiger partial charge in [-0.2, -0.15) is 13.2 Å². The maximum Gasteiger partial charge on any atom is 0.416 e. The molecule has 0 aliphatic rings. The average molecular weight is 809 g/mol. The normalized spacial score (nSPS) is 11.5. The highest BCUT2D eigenvalue weighted by Crippen LogP contribution is 2.45. The molecule has 0 saturated carbocycles. The zero-order chi connectivity index (χ0) is 42.0. The zero-order valence-electron chi connectivity index (χ0n) is 33.5. The van der Waals surface area contributed by atoms with E-state index in [0.717, 1.165) is 79.2 Å². The molecule has 0 saturated heterocycles. The Morgan fingerprint density at radius 2 is 0.500 bits per heavy atom. The van der Waals surface area contributed by atoms with E-state index in [-0.39, 0.29) is 0 Å². The second-order valence-electron chi connectivity index (χ2n) is 15.2. The molecule has 10 rings (SSSR count). The average Bonchev–Trinajstić information content (AvgIpc) is 3.32. The molecule has 0 aromatic heterocycles. The van der Waals surface area contributed by atoms with Crippen LogP contribution in [0, 0.1) is 0 Å². The van der Waals surface area contributed by atoms with E-state index in [2.05, 4.69) is 163 Å². The fraction of sp³-hybridized carbons (Fsp3) is 0.0175. The summed E-state index contributed by atoms with van der Waals surface area (Å²) in [5.41, 5.74) is 11.3. The Morgan fingerprint density at radius 1 is 0.242 bits per heavy atom. The molecule has 0 bridgehead atoms. The van der Waals surface area contributed by atoms with Crippen molar-refractivity contribution in [3.05, 3.63) is 242 Å². The van der Waals surface area contributed by atoms with Gasteiger partial charge in [-0.05, 0) is 140 Å². The van der Waals surface area contributed by atoms with Gasteiger partial charge in [-0.3, -0.25) is 0 Å². The minimum absolute atomic E-state index is 0.618. The molecule has 10 aromatic rings. The van der Waals surface area contributed by atoms with Gasteiger partial charge < -0.3 is 9.80 Å². The third kappa shape index (κ3) is 7.35. The molecule has 0 spiro atoms. The van der Waals surface area contributed by atoms with E-state index in [9.17, 15) is 13.2 Å². The molecule has 0 N–H and O–H groups in total. The number of para-hydroxylation sites is 2. The first-order chi connectivity index (χ1) is 30.4. The molecule has 5 heteroatoms. The van der Waals surface area contributed by atoms with Crippen LogP contribution in [0.1, 0.15) is 5.56 Å². The lowest BCUT2D eigenvalue weighted by atomic mass is 9.86. The summed E-state index contributed by atoms with van der Waals surface area (Å²) in [5.74, 6) is 0. The van der Waals surface area contributed by atoms with Crippen molar-refractivity contribution in [1.29, 1.82) is 0 Å². The van der Waals surface area contributed by atoms with Crippen LogP contribution in [0.3, 0.4) is 0 Å². The predicted octanol–water partition coefficient (Wildman–Crippen LogP) is 17.0. The third-order valence-corrected chi connectivity index (χ3v) is 11.5. The SMILES string of the molecule is FC(F)(F)c1ccc(N(c2ccc(-c3ccc(N(c4ccccc4)c4ccccc4)cc3)cc2)c2ccc(-c3c4ccccc4c(-c4ccccc4)c4ccccc34)cc2)cc1. The van der Waals surface area contributed by atoms with Crippen LogP contribution in [-0.4, -0.2) is 0 Å². The van der Waals surface area contributed by atoms with E-state index in [1.807, 2.05) is 59.5 Å². The number of benzene rings is 10. The molecule has 0 fully saturated rings. The quantitative estimate of drug-likeness (QED) is 0.134. The Kier molecular flexibility index (Phi) is 10.1. The molecular weight excluding hydrogens is 770 g/mol. The molecule has 0 aliphatic heterocycles. The Bertz CT molecular complexity index is 3020. The summed E-state index contributed by atoms with van der Waals surface area (Å²) >= 11 is 0. The number of halogens is 3. The van der Waals surface area contributed by atoms with Crippen molar-refractivity contribution in [1.82, 2.24) is 0 Å². The first-order valence-electron chi connectivity index (χ1n) is 20.6. The highest BCUT2D eigenvalue weighted by molar-refractivity contribution is 6.21. The van der Waals surface area contributed by atoms with E-state index in [4.69, 9.17) is 0 Å². The van der Waals surface area contributed by atoms with Crippen LogP contribution in [0.4, 0.5) is 47.3 Å². The summed E-state index contributed by atoms with van der Waals surface area (Å²) in [6.07, 6.45) is -4.44. The van der Waals surface area contributed by atoms with Gasteiger partial charge in [-0.15, -0.1) is 0 Å². The van der Waals surface area contributed by atoms with Gasteiger partial charge in [0.25, 0.3) is 0 Å². The smallest absolute Gasteiger partial charge is 0.311 e. The maximum absolute atomic E-state index is 13.7. The lowest BCUT2D eigenvalue weighted by Crippen LogP contribution is -2.11. The van der Waals surface area contributed by atoms with Crippen LogP contribution in [-0.2, 0) is 6.18 Å². The fourth-order valence-electron chi connectivity index (χ4n) is 8.59. The van der Waals surface area contributed by atoms with Gasteiger partial charge in [0.1, 0.15) is 0 Å². The van der Waals surface area contributed by atoms with Crippen LogP contribution in [0.2, 0.25) is 0 Å². The first-order valence-corrected chi connectivity index (χ1v) is 20.6. The van der Waals surface area contributed by atoms with Gasteiger partial charge in [0.05, 0.1) is 5.56 Å². The summed E-state index contributed by atoms with van der Waals surface area (Å²) in [4.78, 5) is 4.23. The zero-order valence-corrected chi connectivity index (χ0v) is 33.5. The molecule has 10 aromatic carbocycles. The summed E-state index contributed by atoms with van der Waals surface area (Å²) in [6, 6.07) is 78.6. The molecule has 62 heavy (non-hydrogen) atoms. The van der Waals surface area contributed by atoms with E-state index < -0.39 is 11.7 Å². The molecule has 298 valence electrons. The first kappa shape index (κ1) is 38.3. The van der Waals surface area contributed by atoms with Gasteiger partial charge in [0.2, 0.25) is 0 Å². The van der Waals surface area contributed by atoms with Gasteiger partial charge in [-0.25, -0.2) is 0 Å². The van der Waals surface area contributed by atoms with Crippen LogP contribution in [0.25, 0.3) is 54.9 Å². The van der Waals surface area contributed by atoms with Crippen molar-refractivity contribution in [2.75, 3.05) is 9.80 Å². The lowest BCUT2D eigenvalue weighted by Gasteiger charge is -2.27. The maximum atomic E-state index is 13.7. The van der Waals surface area contributed by atoms with Gasteiger partial charge in [0, 0.05) is 34.1 Å². The summed E-state index contributed by atoms with van der Waals surface area (Å²) in [7, 11) is 0. The molecule has 0 amide bonds. The van der Waals surface area contributed by atoms with Gasteiger partial charge in [-0.1, -0.05) is 152 Å². The minimum atomic E-state index is -4.44. The van der Waals surface area contributed by atoms with Crippen LogP contribution in [0.5, 0.6) is 0 Å². The Hall–Kier alpha value is -7.89. The number of hydrogen-bond donors (Lipinski definition) is 0. The number of anilines is 6. The summed E-state index contributed by atoms with van der Waals surface area (Å²) in [6.45, 7) is 0. The van der Waals surface area contributed by atoms with E-state index in [0.29, 0.717) is 5.69 Å². The second-order valence-corrected chi connectivity index (χ2v) is 15.2. The Balaban J connectivity index is 1.02. The van der Waals surface area contributed by atoms with Crippen molar-refractivity contribution >= 4 is 55.7 Å². The highest BCUT2D eigenvalue weighted by atomic mass is 19.4. The molecule has 0 heterocycles. The monoisotopic (exact) mass is 808 g/mol. The number of rotatable bonds is 9. The number of nitrogens with zero attached hydrogens (tertiary/aromatic N) is 2. The topological polar surface area (TPSA) is 6.48 Å². The number of alkyl halides is 3. The Morgan fingerprint density at radius 3 is 0.839 bits per heavy atom. The fourth-order valence-corrected chi connectivity index (χ4v) is 8.59. The Labute approximate surface area is 359 Å². The largest absolute Gasteiger partial charge is 0.416 e. The minimum Gasteiger partial charge on any atom is -0.311 e. The van der Waals surface area contributed by atoms with Crippen LogP contribution in [0.15, 0.2) is 237 Å². The highest BCUT2D eigenvalue weighted by Gasteiger charge is 2.30. The molecular formula is C57H39F3N2. The van der Waals surface area contributed by atoms with Crippen molar-refractivity contribution < 1.29 is 13.2 Å². The van der Waals surface area contributed by atoms with E-state index in [1.54, 1.807) is 0 Å². The van der Waals surface area contributed by atoms with Crippen LogP contribution >= 0.6 is 0 Å². The van der Waals surface area contributed by atoms with Crippen molar-refractivity contribution in [3.63, 3.8) is 0 Å². The van der Waals surface area contributed by atoms with Gasteiger partial charge in [0.15, 0.2) is 0 Å². The molecule has 0 aliphatic carbocycles. The molecule has 2 nitrogen and oxygen atoms in total.